The van der Waals surface area contributed by atoms with Gasteiger partial charge in [-0.3, -0.25) is 28.8 Å². The third-order valence-electron chi connectivity index (χ3n) is 3.59. The van der Waals surface area contributed by atoms with E-state index in [0.29, 0.717) is 0 Å². The van der Waals surface area contributed by atoms with E-state index in [1.165, 1.54) is 0 Å². The monoisotopic (exact) mass is 419 g/mol. The Hall–Kier alpha value is -3.26. The number of nitrogens with two attached hydrogens (primary N) is 2. The van der Waals surface area contributed by atoms with Gasteiger partial charge in [0.2, 0.25) is 23.6 Å². The van der Waals surface area contributed by atoms with Crippen LogP contribution in [-0.2, 0) is 28.8 Å². The molecule has 0 fully saturated rings. The Morgan fingerprint density at radius 2 is 1.41 bits per heavy atom. The highest BCUT2D eigenvalue weighted by atomic mass is 16.4. The maximum atomic E-state index is 12.4. The first-order valence-electron chi connectivity index (χ1n) is 8.39. The van der Waals surface area contributed by atoms with Crippen molar-refractivity contribution in [2.24, 2.45) is 11.5 Å². The molecule has 4 atom stereocenters. The van der Waals surface area contributed by atoms with Gasteiger partial charge in [-0.2, -0.15) is 0 Å². The minimum atomic E-state index is -1.55. The van der Waals surface area contributed by atoms with Crippen LogP contribution in [0.1, 0.15) is 26.2 Å². The van der Waals surface area contributed by atoms with Crippen LogP contribution in [0.5, 0.6) is 0 Å². The maximum absolute atomic E-state index is 12.4. The van der Waals surface area contributed by atoms with Crippen LogP contribution >= 0.6 is 0 Å². The van der Waals surface area contributed by atoms with Crippen molar-refractivity contribution in [1.29, 1.82) is 0 Å². The second kappa shape index (κ2) is 12.2. The first-order chi connectivity index (χ1) is 13.4. The molecule has 0 aliphatic heterocycles. The number of carboxylic acid groups (broad SMARTS) is 2. The topological polar surface area (TPSA) is 251 Å². The van der Waals surface area contributed by atoms with Crippen molar-refractivity contribution in [2.45, 2.75) is 50.4 Å². The van der Waals surface area contributed by atoms with Crippen molar-refractivity contribution in [3.8, 4) is 0 Å². The van der Waals surface area contributed by atoms with Crippen LogP contribution in [0, 0.1) is 0 Å². The summed E-state index contributed by atoms with van der Waals surface area (Å²) >= 11 is 0. The number of rotatable bonds is 13. The van der Waals surface area contributed by atoms with Crippen LogP contribution in [0.3, 0.4) is 0 Å². The molecule has 0 aromatic rings. The molecule has 4 amide bonds. The largest absolute Gasteiger partial charge is 0.481 e. The molecule has 0 rings (SSSR count). The lowest BCUT2D eigenvalue weighted by Crippen LogP contribution is -2.58. The number of primary amides is 1. The van der Waals surface area contributed by atoms with Gasteiger partial charge in [-0.1, -0.05) is 0 Å². The zero-order chi connectivity index (χ0) is 22.7. The lowest BCUT2D eigenvalue weighted by atomic mass is 10.1. The van der Waals surface area contributed by atoms with Gasteiger partial charge in [0.15, 0.2) is 0 Å². The minimum absolute atomic E-state index is 0.294. The van der Waals surface area contributed by atoms with Crippen LogP contribution in [-0.4, -0.2) is 81.7 Å². The molecule has 0 spiro atoms. The maximum Gasteiger partial charge on any atom is 0.325 e. The third kappa shape index (κ3) is 10.0. The molecule has 14 nitrogen and oxygen atoms in total. The Kier molecular flexibility index (Phi) is 10.9. The number of carbonyl (C=O) groups excluding carboxylic acids is 4. The van der Waals surface area contributed by atoms with Gasteiger partial charge in [-0.15, -0.1) is 0 Å². The van der Waals surface area contributed by atoms with Gasteiger partial charge in [-0.05, 0) is 13.3 Å². The van der Waals surface area contributed by atoms with E-state index in [-0.39, 0.29) is 12.8 Å². The highest BCUT2D eigenvalue weighted by molar-refractivity contribution is 5.95. The van der Waals surface area contributed by atoms with Gasteiger partial charge in [0.1, 0.15) is 18.1 Å². The smallest absolute Gasteiger partial charge is 0.325 e. The van der Waals surface area contributed by atoms with Gasteiger partial charge in [-0.25, -0.2) is 0 Å². The lowest BCUT2D eigenvalue weighted by Gasteiger charge is -2.23. The Labute approximate surface area is 165 Å². The predicted octanol–water partition coefficient (Wildman–Crippen LogP) is -4.39. The fourth-order valence-electron chi connectivity index (χ4n) is 1.96. The van der Waals surface area contributed by atoms with E-state index in [0.717, 1.165) is 6.92 Å². The van der Waals surface area contributed by atoms with Crippen molar-refractivity contribution < 1.29 is 44.1 Å². The van der Waals surface area contributed by atoms with Gasteiger partial charge < -0.3 is 42.7 Å². The zero-order valence-corrected chi connectivity index (χ0v) is 15.6. The number of amides is 4. The van der Waals surface area contributed by atoms with Crippen LogP contribution in [0.2, 0.25) is 0 Å². The fourth-order valence-corrected chi connectivity index (χ4v) is 1.96. The van der Waals surface area contributed by atoms with Gasteiger partial charge in [0, 0.05) is 6.42 Å². The Balaban J connectivity index is 5.19. The molecule has 0 heterocycles. The number of aliphatic hydroxyl groups is 1. The molecule has 10 N–H and O–H groups in total. The van der Waals surface area contributed by atoms with Gasteiger partial charge in [0.05, 0.1) is 19.1 Å². The molecular weight excluding hydrogens is 394 g/mol. The van der Waals surface area contributed by atoms with Crippen LogP contribution < -0.4 is 27.4 Å². The molecule has 0 saturated heterocycles. The molecule has 29 heavy (non-hydrogen) atoms. The lowest BCUT2D eigenvalue weighted by molar-refractivity contribution is -0.142. The Morgan fingerprint density at radius 1 is 0.897 bits per heavy atom. The Morgan fingerprint density at radius 3 is 1.86 bits per heavy atom. The molecule has 14 heteroatoms. The summed E-state index contributed by atoms with van der Waals surface area (Å²) in [4.78, 5) is 68.7. The second-order valence-corrected chi connectivity index (χ2v) is 6.08. The summed E-state index contributed by atoms with van der Waals surface area (Å²) in [6.07, 6.45) is -1.35. The number of carbonyl (C=O) groups is 6. The summed E-state index contributed by atoms with van der Waals surface area (Å²) in [5.74, 6) is -6.49. The fraction of sp³-hybridized carbons (Fsp3) is 0.600. The molecular formula is C15H25N5O9. The quantitative estimate of drug-likeness (QED) is 0.142. The molecule has 0 aliphatic carbocycles. The zero-order valence-electron chi connectivity index (χ0n) is 15.6. The number of hydrogen-bond acceptors (Lipinski definition) is 8. The van der Waals surface area contributed by atoms with Crippen molar-refractivity contribution in [3.63, 3.8) is 0 Å². The normalized spacial score (nSPS) is 14.6. The number of carboxylic acids is 2. The first kappa shape index (κ1) is 25.7. The van der Waals surface area contributed by atoms with Crippen LogP contribution in [0.15, 0.2) is 0 Å². The summed E-state index contributed by atoms with van der Waals surface area (Å²) in [5.41, 5.74) is 10.4. The van der Waals surface area contributed by atoms with E-state index in [1.54, 1.807) is 0 Å². The van der Waals surface area contributed by atoms with Crippen molar-refractivity contribution >= 4 is 35.6 Å². The molecule has 4 unspecified atom stereocenters. The van der Waals surface area contributed by atoms with Crippen LogP contribution in [0.25, 0.3) is 0 Å². The van der Waals surface area contributed by atoms with E-state index < -0.39 is 72.8 Å². The van der Waals surface area contributed by atoms with E-state index >= 15 is 0 Å². The third-order valence-corrected chi connectivity index (χ3v) is 3.59. The SMILES string of the molecule is CC(NC(=O)C(CO)NC(=O)C(CCC(N)=O)NC(=O)C(N)CC(=O)O)C(=O)O. The molecule has 0 saturated carbocycles. The van der Waals surface area contributed by atoms with E-state index in [2.05, 4.69) is 10.6 Å². The average Bonchev–Trinajstić information content (AvgIpc) is 2.61. The van der Waals surface area contributed by atoms with Crippen molar-refractivity contribution in [3.05, 3.63) is 0 Å². The Bertz CT molecular complexity index is 654. The molecule has 0 aromatic carbocycles. The first-order valence-corrected chi connectivity index (χ1v) is 8.39. The summed E-state index contributed by atoms with van der Waals surface area (Å²) in [6.45, 7) is 0.273. The van der Waals surface area contributed by atoms with Crippen molar-refractivity contribution in [1.82, 2.24) is 16.0 Å². The summed E-state index contributed by atoms with van der Waals surface area (Å²) in [5, 5.41) is 33.0. The average molecular weight is 419 g/mol. The number of nitrogens with one attached hydrogen (secondary N) is 3. The highest BCUT2D eigenvalue weighted by Gasteiger charge is 2.29. The van der Waals surface area contributed by atoms with Gasteiger partial charge in [0.25, 0.3) is 0 Å². The molecule has 0 bridgehead atoms. The number of hydrogen-bond donors (Lipinski definition) is 8. The number of aliphatic hydroxyl groups excluding tert-OH is 1. The predicted molar refractivity (Wildman–Crippen MR) is 94.8 cm³/mol. The molecule has 0 aliphatic rings. The van der Waals surface area contributed by atoms with E-state index in [4.69, 9.17) is 21.7 Å². The summed E-state index contributed by atoms with van der Waals surface area (Å²) < 4.78 is 0. The van der Waals surface area contributed by atoms with Gasteiger partial charge >= 0.3 is 11.9 Å². The molecule has 0 aromatic heterocycles. The minimum Gasteiger partial charge on any atom is -0.481 e. The summed E-state index contributed by atoms with van der Waals surface area (Å²) in [6, 6.07) is -5.75. The van der Waals surface area contributed by atoms with Crippen LogP contribution in [0.4, 0.5) is 0 Å². The number of aliphatic carboxylic acids is 2. The summed E-state index contributed by atoms with van der Waals surface area (Å²) in [7, 11) is 0. The molecule has 0 radical (unpaired) electrons. The second-order valence-electron chi connectivity index (χ2n) is 6.08. The van der Waals surface area contributed by atoms with E-state index in [1.807, 2.05) is 5.32 Å². The standard InChI is InChI=1S/C15H25N5O9/c1-6(15(28)29)18-14(27)9(5-21)20-13(26)8(2-3-10(17)22)19-12(25)7(16)4-11(23)24/h6-9,21H,2-5,16H2,1H3,(H2,17,22)(H,18,27)(H,19,25)(H,20,26)(H,23,24)(H,28,29). The van der Waals surface area contributed by atoms with Crippen molar-refractivity contribution in [2.75, 3.05) is 6.61 Å². The highest BCUT2D eigenvalue weighted by Crippen LogP contribution is 2.01. The molecule has 164 valence electrons. The van der Waals surface area contributed by atoms with E-state index in [9.17, 15) is 33.9 Å².